The third kappa shape index (κ3) is 7.15. The molecule has 0 aliphatic heterocycles. The third-order valence-electron chi connectivity index (χ3n) is 5.47. The normalized spacial score (nSPS) is 11.9. The first-order valence-corrected chi connectivity index (χ1v) is 13.0. The number of hydrogen-bond acceptors (Lipinski definition) is 6. The predicted molar refractivity (Wildman–Crippen MR) is 142 cm³/mol. The number of nitrogens with zero attached hydrogens (tertiary/aromatic N) is 1. The van der Waals surface area contributed by atoms with Gasteiger partial charge in [0.25, 0.3) is 5.91 Å². The number of thiazole rings is 1. The van der Waals surface area contributed by atoms with Crippen molar-refractivity contribution in [3.8, 4) is 16.3 Å². The van der Waals surface area contributed by atoms with Crippen LogP contribution in [0.1, 0.15) is 54.5 Å². The molecule has 7 nitrogen and oxygen atoms in total. The third-order valence-corrected chi connectivity index (χ3v) is 6.49. The van der Waals surface area contributed by atoms with E-state index >= 15 is 0 Å². The van der Waals surface area contributed by atoms with Crippen LogP contribution in [0.4, 0.5) is 0 Å². The number of hydrogen-bond donors (Lipinski definition) is 2. The Morgan fingerprint density at radius 2 is 1.83 bits per heavy atom. The Morgan fingerprint density at radius 3 is 2.36 bits per heavy atom. The molecular weight excluding hydrogens is 476 g/mol. The van der Waals surface area contributed by atoms with Crippen LogP contribution in [0, 0.1) is 24.3 Å². The van der Waals surface area contributed by atoms with Gasteiger partial charge < -0.3 is 19.9 Å². The number of carbonyl (C=O) groups excluding carboxylic acids is 1. The van der Waals surface area contributed by atoms with E-state index in [9.17, 15) is 9.59 Å². The van der Waals surface area contributed by atoms with Gasteiger partial charge in [-0.05, 0) is 45.4 Å². The molecule has 1 unspecified atom stereocenters. The summed E-state index contributed by atoms with van der Waals surface area (Å²) in [5.74, 6) is -0.246. The lowest BCUT2D eigenvalue weighted by molar-refractivity contribution is -0.153. The maximum absolute atomic E-state index is 12.4. The number of rotatable bonds is 11. The molecule has 2 N–H and O–H groups in total. The van der Waals surface area contributed by atoms with Crippen molar-refractivity contribution >= 4 is 23.2 Å². The molecule has 2 aliphatic carbocycles. The Labute approximate surface area is 215 Å². The Hall–Kier alpha value is -3.23. The lowest BCUT2D eigenvalue weighted by atomic mass is 10.1. The molecule has 1 aromatic heterocycles. The van der Waals surface area contributed by atoms with E-state index < -0.39 is 12.1 Å². The van der Waals surface area contributed by atoms with Crippen molar-refractivity contribution in [3.05, 3.63) is 69.0 Å². The van der Waals surface area contributed by atoms with Gasteiger partial charge in [-0.25, -0.2) is 9.78 Å². The summed E-state index contributed by atoms with van der Waals surface area (Å²) >= 11 is 1.46. The van der Waals surface area contributed by atoms with Crippen LogP contribution in [-0.4, -0.2) is 47.3 Å². The lowest BCUT2D eigenvalue weighted by Crippen LogP contribution is -2.33. The molecule has 1 amide bonds. The maximum Gasteiger partial charge on any atom is 0.332 e. The number of amides is 1. The van der Waals surface area contributed by atoms with Gasteiger partial charge in [0, 0.05) is 28.6 Å². The molecule has 192 valence electrons. The van der Waals surface area contributed by atoms with Crippen molar-refractivity contribution in [2.75, 3.05) is 13.2 Å². The summed E-state index contributed by atoms with van der Waals surface area (Å²) in [6, 6.07) is 14.3. The second kappa shape index (κ2) is 12.6. The van der Waals surface area contributed by atoms with Crippen LogP contribution < -0.4 is 10.1 Å². The van der Waals surface area contributed by atoms with E-state index in [-0.39, 0.29) is 25.0 Å². The van der Waals surface area contributed by atoms with Crippen LogP contribution in [0.2, 0.25) is 0 Å². The van der Waals surface area contributed by atoms with Crippen LogP contribution in [0.15, 0.2) is 42.5 Å². The molecule has 0 saturated heterocycles. The number of carboxylic acid groups (broad SMARTS) is 1. The second-order valence-corrected chi connectivity index (χ2v) is 10.1. The van der Waals surface area contributed by atoms with Crippen LogP contribution in [0.25, 0.3) is 10.6 Å². The van der Waals surface area contributed by atoms with Crippen molar-refractivity contribution < 1.29 is 24.2 Å². The van der Waals surface area contributed by atoms with Gasteiger partial charge in [0.15, 0.2) is 6.10 Å². The van der Waals surface area contributed by atoms with Crippen LogP contribution in [0.3, 0.4) is 0 Å². The molecule has 1 aromatic carbocycles. The van der Waals surface area contributed by atoms with E-state index in [0.717, 1.165) is 39.8 Å². The van der Waals surface area contributed by atoms with Crippen LogP contribution in [0.5, 0.6) is 5.75 Å². The molecular formula is C28H34N2O5S. The summed E-state index contributed by atoms with van der Waals surface area (Å²) in [4.78, 5) is 28.8. The number of aryl methyl sites for hydroxylation is 2. The number of aliphatic carboxylic acids is 1. The minimum atomic E-state index is -1.03. The van der Waals surface area contributed by atoms with Crippen molar-refractivity contribution in [3.63, 3.8) is 0 Å². The summed E-state index contributed by atoms with van der Waals surface area (Å²) < 4.78 is 10.7. The Balaban J connectivity index is 0.000000297. The van der Waals surface area contributed by atoms with Crippen molar-refractivity contribution in [2.24, 2.45) is 0 Å². The smallest absolute Gasteiger partial charge is 0.332 e. The highest BCUT2D eigenvalue weighted by molar-refractivity contribution is 7.15. The van der Waals surface area contributed by atoms with Gasteiger partial charge in [-0.15, -0.1) is 11.3 Å². The first kappa shape index (κ1) is 27.4. The Kier molecular flexibility index (Phi) is 9.61. The van der Waals surface area contributed by atoms with Gasteiger partial charge >= 0.3 is 5.97 Å². The highest BCUT2D eigenvalue weighted by atomic mass is 32.1. The van der Waals surface area contributed by atoms with Crippen LogP contribution in [-0.2, 0) is 9.53 Å². The van der Waals surface area contributed by atoms with E-state index in [1.54, 1.807) is 13.8 Å². The fourth-order valence-electron chi connectivity index (χ4n) is 3.49. The largest absolute Gasteiger partial charge is 0.493 e. The first-order valence-electron chi connectivity index (χ1n) is 12.2. The molecule has 1 heterocycles. The van der Waals surface area contributed by atoms with Gasteiger partial charge in [0.05, 0.1) is 12.7 Å². The van der Waals surface area contributed by atoms with Crippen molar-refractivity contribution in [1.29, 1.82) is 0 Å². The summed E-state index contributed by atoms with van der Waals surface area (Å²) in [5.41, 5.74) is 2.51. The van der Waals surface area contributed by atoms with E-state index in [4.69, 9.17) is 14.6 Å². The summed E-state index contributed by atoms with van der Waals surface area (Å²) in [5, 5.41) is 15.3. The molecule has 0 fully saturated rings. The Morgan fingerprint density at radius 1 is 1.11 bits per heavy atom. The van der Waals surface area contributed by atoms with E-state index in [1.807, 2.05) is 38.1 Å². The quantitative estimate of drug-likeness (QED) is 0.276. The van der Waals surface area contributed by atoms with E-state index in [0.29, 0.717) is 5.69 Å². The van der Waals surface area contributed by atoms with Gasteiger partial charge in [-0.2, -0.15) is 0 Å². The maximum atomic E-state index is 12.4. The molecule has 0 saturated carbocycles. The molecule has 36 heavy (non-hydrogen) atoms. The average molecular weight is 511 g/mol. The number of carbonyl (C=O) groups is 2. The van der Waals surface area contributed by atoms with Gasteiger partial charge in [0.2, 0.25) is 0 Å². The molecule has 1 atom stereocenters. The minimum absolute atomic E-state index is 0.190. The molecule has 0 bridgehead atoms. The topological polar surface area (TPSA) is 97.8 Å². The van der Waals surface area contributed by atoms with E-state index in [2.05, 4.69) is 35.4 Å². The predicted octanol–water partition coefficient (Wildman–Crippen LogP) is 5.50. The SMILES string of the molecule is CCCOc1cc2ccc1=2.Cc1ccc(-c2nc(C(=O)NCCC(OC(C)C)C(=O)O)c(C)s2)cc1. The summed E-state index contributed by atoms with van der Waals surface area (Å²) in [6.07, 6.45) is 0.163. The molecule has 2 aromatic rings. The highest BCUT2D eigenvalue weighted by Crippen LogP contribution is 2.28. The average Bonchev–Trinajstić information content (AvgIpc) is 3.21. The standard InChI is InChI=1S/C19H24N2O4S.C9H10O/c1-11(2)25-15(19(23)24)9-10-20-17(22)16-13(4)26-18(21-16)14-7-5-12(3)6-8-14;1-2-5-10-9-6-7-3-4-8(7)9/h5-8,11,15H,9-10H2,1-4H3,(H,20,22)(H,23,24);3-4,6H,2,5H2,1H3. The molecule has 0 radical (unpaired) electrons. The number of aromatic nitrogens is 1. The number of nitrogens with one attached hydrogen (secondary N) is 1. The van der Waals surface area contributed by atoms with Gasteiger partial charge in [-0.3, -0.25) is 4.79 Å². The van der Waals surface area contributed by atoms with Crippen molar-refractivity contribution in [2.45, 2.75) is 59.7 Å². The number of benzene rings is 2. The Bertz CT molecular complexity index is 1280. The zero-order valence-corrected chi connectivity index (χ0v) is 22.3. The zero-order chi connectivity index (χ0) is 26.2. The minimum Gasteiger partial charge on any atom is -0.493 e. The summed E-state index contributed by atoms with van der Waals surface area (Å²) in [7, 11) is 0. The fraction of sp³-hybridized carbons (Fsp3) is 0.393. The van der Waals surface area contributed by atoms with Gasteiger partial charge in [0.1, 0.15) is 16.5 Å². The van der Waals surface area contributed by atoms with Crippen LogP contribution >= 0.6 is 11.3 Å². The lowest BCUT2D eigenvalue weighted by Gasteiger charge is -2.16. The monoisotopic (exact) mass is 510 g/mol. The fourth-order valence-corrected chi connectivity index (χ4v) is 4.41. The number of carboxylic acids is 1. The van der Waals surface area contributed by atoms with E-state index in [1.165, 1.54) is 21.8 Å². The molecule has 0 spiro atoms. The second-order valence-electron chi connectivity index (χ2n) is 8.91. The van der Waals surface area contributed by atoms with Gasteiger partial charge in [-0.1, -0.05) is 48.9 Å². The molecule has 4 rings (SSSR count). The zero-order valence-electron chi connectivity index (χ0n) is 21.5. The molecule has 8 heteroatoms. The highest BCUT2D eigenvalue weighted by Gasteiger charge is 2.21. The summed E-state index contributed by atoms with van der Waals surface area (Å²) in [6.45, 7) is 10.6. The molecule has 2 aliphatic rings. The van der Waals surface area contributed by atoms with Crippen molar-refractivity contribution in [1.82, 2.24) is 10.3 Å². The number of ether oxygens (including phenoxy) is 2. The first-order chi connectivity index (χ1) is 17.2.